The second kappa shape index (κ2) is 3.97. The topological polar surface area (TPSA) is 53.3 Å². The van der Waals surface area contributed by atoms with Gasteiger partial charge in [-0.05, 0) is 40.5 Å². The Kier molecular flexibility index (Phi) is 3.18. The van der Waals surface area contributed by atoms with E-state index in [-0.39, 0.29) is 17.6 Å². The zero-order chi connectivity index (χ0) is 12.6. The molecule has 0 saturated heterocycles. The van der Waals surface area contributed by atoms with E-state index in [2.05, 4.69) is 6.07 Å². The lowest BCUT2D eigenvalue weighted by Gasteiger charge is -2.30. The van der Waals surface area contributed by atoms with E-state index in [0.717, 1.165) is 12.8 Å². The number of carbonyl (C=O) groups is 1. The number of hydrogen-bond acceptors (Lipinski definition) is 3. The van der Waals surface area contributed by atoms with Gasteiger partial charge in [-0.15, -0.1) is 0 Å². The fourth-order valence-corrected chi connectivity index (χ4v) is 1.62. The second-order valence-electron chi connectivity index (χ2n) is 5.54. The third-order valence-corrected chi connectivity index (χ3v) is 3.07. The van der Waals surface area contributed by atoms with Crippen LogP contribution in [-0.4, -0.2) is 29.7 Å². The van der Waals surface area contributed by atoms with E-state index in [1.54, 1.807) is 7.05 Å². The van der Waals surface area contributed by atoms with Crippen molar-refractivity contribution in [1.82, 2.24) is 4.90 Å². The molecule has 4 heteroatoms. The van der Waals surface area contributed by atoms with Crippen molar-refractivity contribution in [3.8, 4) is 6.07 Å². The second-order valence-corrected chi connectivity index (χ2v) is 5.54. The maximum absolute atomic E-state index is 11.8. The summed E-state index contributed by atoms with van der Waals surface area (Å²) in [4.78, 5) is 13.3. The summed E-state index contributed by atoms with van der Waals surface area (Å²) in [6, 6.07) is 2.21. The van der Waals surface area contributed by atoms with Crippen molar-refractivity contribution in [2.24, 2.45) is 5.41 Å². The van der Waals surface area contributed by atoms with Crippen molar-refractivity contribution in [2.45, 2.75) is 52.2 Å². The first-order valence-corrected chi connectivity index (χ1v) is 5.59. The summed E-state index contributed by atoms with van der Waals surface area (Å²) in [5.74, 6) is 0. The van der Waals surface area contributed by atoms with Gasteiger partial charge >= 0.3 is 6.09 Å². The molecule has 0 N–H and O–H groups in total. The van der Waals surface area contributed by atoms with Gasteiger partial charge in [-0.1, -0.05) is 0 Å². The highest BCUT2D eigenvalue weighted by molar-refractivity contribution is 5.68. The Bertz CT molecular complexity index is 321. The van der Waals surface area contributed by atoms with Gasteiger partial charge < -0.3 is 9.64 Å². The van der Waals surface area contributed by atoms with E-state index in [1.165, 1.54) is 4.90 Å². The van der Waals surface area contributed by atoms with E-state index in [1.807, 2.05) is 27.7 Å². The average Bonchev–Trinajstić information content (AvgIpc) is 2.93. The molecule has 1 rings (SSSR count). The minimum Gasteiger partial charge on any atom is -0.444 e. The first kappa shape index (κ1) is 12.8. The summed E-state index contributed by atoms with van der Waals surface area (Å²) >= 11 is 0. The van der Waals surface area contributed by atoms with Crippen LogP contribution in [-0.2, 0) is 4.74 Å². The number of nitriles is 1. The third-order valence-electron chi connectivity index (χ3n) is 3.07. The van der Waals surface area contributed by atoms with Crippen LogP contribution < -0.4 is 0 Å². The van der Waals surface area contributed by atoms with Gasteiger partial charge in [0, 0.05) is 7.05 Å². The highest BCUT2D eigenvalue weighted by Crippen LogP contribution is 2.49. The molecule has 1 aliphatic carbocycles. The predicted molar refractivity (Wildman–Crippen MR) is 60.7 cm³/mol. The molecule has 0 bridgehead atoms. The molecule has 1 fully saturated rings. The molecule has 1 saturated carbocycles. The lowest BCUT2D eigenvalue weighted by Crippen LogP contribution is -2.43. The van der Waals surface area contributed by atoms with Crippen LogP contribution >= 0.6 is 0 Å². The zero-order valence-electron chi connectivity index (χ0n) is 10.7. The van der Waals surface area contributed by atoms with E-state index >= 15 is 0 Å². The summed E-state index contributed by atoms with van der Waals surface area (Å²) < 4.78 is 5.27. The molecule has 0 radical (unpaired) electrons. The Balaban J connectivity index is 2.62. The molecule has 0 aromatic heterocycles. The summed E-state index contributed by atoms with van der Waals surface area (Å²) in [5, 5.41) is 9.06. The molecule has 1 atom stereocenters. The fraction of sp³-hybridized carbons (Fsp3) is 0.833. The van der Waals surface area contributed by atoms with Crippen LogP contribution in [0.1, 0.15) is 40.5 Å². The van der Waals surface area contributed by atoms with Gasteiger partial charge in [-0.2, -0.15) is 5.26 Å². The highest BCUT2D eigenvalue weighted by Gasteiger charge is 2.50. The molecule has 0 aromatic carbocycles. The number of carbonyl (C=O) groups excluding carboxylic acids is 1. The van der Waals surface area contributed by atoms with Crippen LogP contribution in [0.4, 0.5) is 4.79 Å². The van der Waals surface area contributed by atoms with Crippen molar-refractivity contribution in [3.63, 3.8) is 0 Å². The van der Waals surface area contributed by atoms with Crippen molar-refractivity contribution >= 4 is 6.09 Å². The van der Waals surface area contributed by atoms with Crippen LogP contribution in [0.25, 0.3) is 0 Å². The minimum atomic E-state index is -0.492. The maximum Gasteiger partial charge on any atom is 0.410 e. The molecular weight excluding hydrogens is 204 g/mol. The largest absolute Gasteiger partial charge is 0.444 e. The zero-order valence-corrected chi connectivity index (χ0v) is 10.7. The molecule has 1 aliphatic rings. The molecule has 0 heterocycles. The third kappa shape index (κ3) is 2.66. The molecule has 1 unspecified atom stereocenters. The minimum absolute atomic E-state index is 0.0904. The standard InChI is InChI=1S/C12H20N2O2/c1-9(12(8-13)6-7-12)14(5)10(15)16-11(2,3)4/h9H,6-7H2,1-5H3. The monoisotopic (exact) mass is 224 g/mol. The van der Waals surface area contributed by atoms with E-state index in [4.69, 9.17) is 10.00 Å². The lowest BCUT2D eigenvalue weighted by molar-refractivity contribution is 0.0193. The van der Waals surface area contributed by atoms with E-state index in [9.17, 15) is 4.79 Å². The van der Waals surface area contributed by atoms with Crippen molar-refractivity contribution < 1.29 is 9.53 Å². The van der Waals surface area contributed by atoms with Gasteiger partial charge in [0.1, 0.15) is 5.60 Å². The number of rotatable bonds is 2. The number of nitrogens with zero attached hydrogens (tertiary/aromatic N) is 2. The lowest BCUT2D eigenvalue weighted by atomic mass is 9.99. The molecule has 90 valence electrons. The van der Waals surface area contributed by atoms with Gasteiger partial charge in [-0.25, -0.2) is 4.79 Å². The quantitative estimate of drug-likeness (QED) is 0.724. The van der Waals surface area contributed by atoms with Gasteiger partial charge in [0.15, 0.2) is 0 Å². The number of ether oxygens (including phenoxy) is 1. The molecule has 0 spiro atoms. The van der Waals surface area contributed by atoms with Crippen molar-refractivity contribution in [1.29, 1.82) is 5.26 Å². The van der Waals surface area contributed by atoms with Crippen LogP contribution in [0.15, 0.2) is 0 Å². The molecular formula is C12H20N2O2. The van der Waals surface area contributed by atoms with Gasteiger partial charge in [0.05, 0.1) is 17.5 Å². The summed E-state index contributed by atoms with van der Waals surface area (Å²) in [6.07, 6.45) is 1.39. The first-order chi connectivity index (χ1) is 7.22. The Hall–Kier alpha value is -1.24. The normalized spacial score (nSPS) is 19.5. The Morgan fingerprint density at radius 1 is 1.50 bits per heavy atom. The summed E-state index contributed by atoms with van der Waals surface area (Å²) in [6.45, 7) is 7.40. The van der Waals surface area contributed by atoms with Crippen LogP contribution in [0.3, 0.4) is 0 Å². The number of amides is 1. The smallest absolute Gasteiger partial charge is 0.410 e. The molecule has 0 aromatic rings. The van der Waals surface area contributed by atoms with Gasteiger partial charge in [-0.3, -0.25) is 0 Å². The Morgan fingerprint density at radius 2 is 2.00 bits per heavy atom. The first-order valence-electron chi connectivity index (χ1n) is 5.59. The Labute approximate surface area is 97.2 Å². The van der Waals surface area contributed by atoms with Crippen molar-refractivity contribution in [3.05, 3.63) is 0 Å². The molecule has 1 amide bonds. The Morgan fingerprint density at radius 3 is 2.31 bits per heavy atom. The summed E-state index contributed by atoms with van der Waals surface area (Å²) in [5.41, 5.74) is -0.833. The van der Waals surface area contributed by atoms with Crippen molar-refractivity contribution in [2.75, 3.05) is 7.05 Å². The van der Waals surface area contributed by atoms with E-state index < -0.39 is 5.60 Å². The predicted octanol–water partition coefficient (Wildman–Crippen LogP) is 2.55. The van der Waals surface area contributed by atoms with Gasteiger partial charge in [0.2, 0.25) is 0 Å². The maximum atomic E-state index is 11.8. The van der Waals surface area contributed by atoms with Crippen LogP contribution in [0.5, 0.6) is 0 Å². The average molecular weight is 224 g/mol. The molecule has 0 aliphatic heterocycles. The molecule has 16 heavy (non-hydrogen) atoms. The fourth-order valence-electron chi connectivity index (χ4n) is 1.62. The summed E-state index contributed by atoms with van der Waals surface area (Å²) in [7, 11) is 1.69. The van der Waals surface area contributed by atoms with Crippen LogP contribution in [0.2, 0.25) is 0 Å². The molecule has 4 nitrogen and oxygen atoms in total. The highest BCUT2D eigenvalue weighted by atomic mass is 16.6. The van der Waals surface area contributed by atoms with E-state index in [0.29, 0.717) is 0 Å². The van der Waals surface area contributed by atoms with Crippen LogP contribution in [0, 0.1) is 16.7 Å². The SMILES string of the molecule is CC(N(C)C(=O)OC(C)(C)C)C1(C#N)CC1. The van der Waals surface area contributed by atoms with Gasteiger partial charge in [0.25, 0.3) is 0 Å². The number of hydrogen-bond donors (Lipinski definition) is 0.